The van der Waals surface area contributed by atoms with Crippen LogP contribution in [0.5, 0.6) is 11.5 Å². The van der Waals surface area contributed by atoms with Crippen molar-refractivity contribution in [1.82, 2.24) is 5.43 Å². The van der Waals surface area contributed by atoms with Crippen LogP contribution in [0.1, 0.15) is 18.4 Å². The molecule has 0 spiro atoms. The van der Waals surface area contributed by atoms with Gasteiger partial charge in [0.15, 0.2) is 11.5 Å². The zero-order valence-electron chi connectivity index (χ0n) is 14.0. The van der Waals surface area contributed by atoms with Crippen molar-refractivity contribution < 1.29 is 23.8 Å². The first-order chi connectivity index (χ1) is 12.5. The molecule has 136 valence electrons. The fourth-order valence-electron chi connectivity index (χ4n) is 2.04. The van der Waals surface area contributed by atoms with Gasteiger partial charge in [-0.05, 0) is 24.3 Å². The average Bonchev–Trinajstić information content (AvgIpc) is 2.63. The molecule has 2 aromatic carbocycles. The van der Waals surface area contributed by atoms with Gasteiger partial charge < -0.3 is 15.2 Å². The molecule has 3 N–H and O–H groups in total. The molecule has 0 radical (unpaired) electrons. The van der Waals surface area contributed by atoms with E-state index in [0.29, 0.717) is 5.56 Å². The Morgan fingerprint density at radius 2 is 1.88 bits per heavy atom. The summed E-state index contributed by atoms with van der Waals surface area (Å²) in [6, 6.07) is 10.6. The van der Waals surface area contributed by atoms with Crippen molar-refractivity contribution in [2.24, 2.45) is 5.10 Å². The number of phenolic OH excluding ortho intramolecular Hbond substituents is 1. The van der Waals surface area contributed by atoms with E-state index in [1.807, 2.05) is 0 Å². The number of amides is 2. The normalized spacial score (nSPS) is 10.5. The number of benzene rings is 2. The molecule has 0 aliphatic heterocycles. The number of anilines is 1. The van der Waals surface area contributed by atoms with E-state index in [2.05, 4.69) is 15.8 Å². The first-order valence-corrected chi connectivity index (χ1v) is 7.73. The molecule has 7 nitrogen and oxygen atoms in total. The molecule has 0 saturated heterocycles. The Balaban J connectivity index is 1.80. The fraction of sp³-hybridized carbons (Fsp3) is 0.167. The van der Waals surface area contributed by atoms with Crippen LogP contribution in [0.15, 0.2) is 47.6 Å². The van der Waals surface area contributed by atoms with Crippen LogP contribution in [0, 0.1) is 5.82 Å². The minimum atomic E-state index is -0.548. The predicted molar refractivity (Wildman–Crippen MR) is 94.7 cm³/mol. The predicted octanol–water partition coefficient (Wildman–Crippen LogP) is 2.41. The van der Waals surface area contributed by atoms with Gasteiger partial charge in [-0.25, -0.2) is 9.82 Å². The van der Waals surface area contributed by atoms with Crippen LogP contribution in [0.25, 0.3) is 0 Å². The Hall–Kier alpha value is -3.42. The van der Waals surface area contributed by atoms with Crippen LogP contribution in [-0.4, -0.2) is 30.2 Å². The Labute approximate surface area is 149 Å². The Bertz CT molecular complexity index is 824. The molecular weight excluding hydrogens is 341 g/mol. The quantitative estimate of drug-likeness (QED) is 0.522. The zero-order chi connectivity index (χ0) is 18.9. The number of hydrogen-bond acceptors (Lipinski definition) is 5. The molecule has 8 heteroatoms. The number of carbonyl (C=O) groups excluding carboxylic acids is 2. The number of phenols is 1. The smallest absolute Gasteiger partial charge is 0.240 e. The van der Waals surface area contributed by atoms with Gasteiger partial charge in [0.1, 0.15) is 5.82 Å². The van der Waals surface area contributed by atoms with Gasteiger partial charge >= 0.3 is 0 Å². The largest absolute Gasteiger partial charge is 0.504 e. The molecule has 0 aromatic heterocycles. The molecular formula is C18H18FN3O4. The number of para-hydroxylation sites is 2. The number of hydrazone groups is 1. The molecule has 2 rings (SSSR count). The van der Waals surface area contributed by atoms with Gasteiger partial charge in [0, 0.05) is 18.4 Å². The molecule has 0 saturated carbocycles. The van der Waals surface area contributed by atoms with E-state index in [9.17, 15) is 19.1 Å². The topological polar surface area (TPSA) is 100 Å². The summed E-state index contributed by atoms with van der Waals surface area (Å²) < 4.78 is 18.4. The summed E-state index contributed by atoms with van der Waals surface area (Å²) in [6.45, 7) is 0. The summed E-state index contributed by atoms with van der Waals surface area (Å²) in [5, 5.41) is 16.0. The lowest BCUT2D eigenvalue weighted by molar-refractivity contribution is -0.124. The Morgan fingerprint density at radius 1 is 1.15 bits per heavy atom. The summed E-state index contributed by atoms with van der Waals surface area (Å²) in [4.78, 5) is 23.4. The third-order valence-electron chi connectivity index (χ3n) is 3.37. The number of aromatic hydroxyl groups is 1. The van der Waals surface area contributed by atoms with Crippen molar-refractivity contribution in [1.29, 1.82) is 0 Å². The number of carbonyl (C=O) groups is 2. The highest BCUT2D eigenvalue weighted by Crippen LogP contribution is 2.27. The summed E-state index contributed by atoms with van der Waals surface area (Å²) in [7, 11) is 1.42. The van der Waals surface area contributed by atoms with Crippen molar-refractivity contribution in [3.63, 3.8) is 0 Å². The summed E-state index contributed by atoms with van der Waals surface area (Å²) in [5.74, 6) is -1.35. The van der Waals surface area contributed by atoms with Gasteiger partial charge in [-0.2, -0.15) is 5.10 Å². The van der Waals surface area contributed by atoms with E-state index in [1.54, 1.807) is 24.3 Å². The van der Waals surface area contributed by atoms with Crippen molar-refractivity contribution in [2.75, 3.05) is 12.4 Å². The molecule has 2 amide bonds. The minimum absolute atomic E-state index is 0.0597. The van der Waals surface area contributed by atoms with Gasteiger partial charge in [0.25, 0.3) is 0 Å². The second kappa shape index (κ2) is 9.16. The maximum Gasteiger partial charge on any atom is 0.240 e. The van der Waals surface area contributed by atoms with Crippen molar-refractivity contribution in [3.05, 3.63) is 53.8 Å². The second-order valence-electron chi connectivity index (χ2n) is 5.22. The Kier molecular flexibility index (Phi) is 6.67. The average molecular weight is 359 g/mol. The van der Waals surface area contributed by atoms with Crippen LogP contribution in [0.4, 0.5) is 10.1 Å². The maximum absolute atomic E-state index is 13.4. The summed E-state index contributed by atoms with van der Waals surface area (Å²) in [6.07, 6.45) is 1.01. The number of nitrogens with zero attached hydrogens (tertiary/aromatic N) is 1. The number of hydrogen-bond donors (Lipinski definition) is 3. The van der Waals surface area contributed by atoms with Gasteiger partial charge in [0.05, 0.1) is 19.0 Å². The zero-order valence-corrected chi connectivity index (χ0v) is 14.0. The maximum atomic E-state index is 13.4. The first-order valence-electron chi connectivity index (χ1n) is 7.73. The lowest BCUT2D eigenvalue weighted by Crippen LogP contribution is -2.21. The van der Waals surface area contributed by atoms with E-state index in [1.165, 1.54) is 31.5 Å². The third kappa shape index (κ3) is 5.30. The molecule has 0 fully saturated rings. The lowest BCUT2D eigenvalue weighted by atomic mass is 10.2. The van der Waals surface area contributed by atoms with Crippen molar-refractivity contribution in [2.45, 2.75) is 12.8 Å². The number of nitrogens with one attached hydrogen (secondary N) is 2. The molecule has 0 aliphatic rings. The SMILES string of the molecule is COc1cccc(C=NNC(=O)CCC(=O)Nc2ccccc2F)c1O. The third-order valence-corrected chi connectivity index (χ3v) is 3.37. The van der Waals surface area contributed by atoms with Crippen LogP contribution < -0.4 is 15.5 Å². The van der Waals surface area contributed by atoms with E-state index in [-0.39, 0.29) is 30.0 Å². The highest BCUT2D eigenvalue weighted by atomic mass is 19.1. The van der Waals surface area contributed by atoms with Crippen molar-refractivity contribution >= 4 is 23.7 Å². The summed E-state index contributed by atoms with van der Waals surface area (Å²) in [5.41, 5.74) is 2.67. The van der Waals surface area contributed by atoms with Crippen LogP contribution in [0.3, 0.4) is 0 Å². The lowest BCUT2D eigenvalue weighted by Gasteiger charge is -2.06. The fourth-order valence-corrected chi connectivity index (χ4v) is 2.04. The molecule has 0 unspecified atom stereocenters. The molecule has 0 heterocycles. The molecule has 0 atom stereocenters. The highest BCUT2D eigenvalue weighted by molar-refractivity contribution is 5.93. The number of rotatable bonds is 7. The van der Waals surface area contributed by atoms with Gasteiger partial charge in [-0.3, -0.25) is 9.59 Å². The molecule has 26 heavy (non-hydrogen) atoms. The van der Waals surface area contributed by atoms with Crippen LogP contribution in [0.2, 0.25) is 0 Å². The molecule has 0 bridgehead atoms. The van der Waals surface area contributed by atoms with E-state index in [4.69, 9.17) is 4.74 Å². The van der Waals surface area contributed by atoms with Gasteiger partial charge in [-0.1, -0.05) is 18.2 Å². The van der Waals surface area contributed by atoms with E-state index < -0.39 is 17.6 Å². The minimum Gasteiger partial charge on any atom is -0.504 e. The van der Waals surface area contributed by atoms with E-state index >= 15 is 0 Å². The number of ether oxygens (including phenoxy) is 1. The van der Waals surface area contributed by atoms with Crippen molar-refractivity contribution in [3.8, 4) is 11.5 Å². The number of halogens is 1. The highest BCUT2D eigenvalue weighted by Gasteiger charge is 2.09. The standard InChI is InChI=1S/C18H18FN3O4/c1-26-15-8-4-5-12(18(15)25)11-20-22-17(24)10-9-16(23)21-14-7-3-2-6-13(14)19/h2-8,11,25H,9-10H2,1H3,(H,21,23)(H,22,24). The van der Waals surface area contributed by atoms with Gasteiger partial charge in [-0.15, -0.1) is 0 Å². The van der Waals surface area contributed by atoms with Crippen LogP contribution in [-0.2, 0) is 9.59 Å². The van der Waals surface area contributed by atoms with E-state index in [0.717, 1.165) is 0 Å². The molecule has 2 aromatic rings. The van der Waals surface area contributed by atoms with Crippen LogP contribution >= 0.6 is 0 Å². The second-order valence-corrected chi connectivity index (χ2v) is 5.22. The first kappa shape index (κ1) is 18.9. The number of methoxy groups -OCH3 is 1. The summed E-state index contributed by atoms with van der Waals surface area (Å²) >= 11 is 0. The Morgan fingerprint density at radius 3 is 2.62 bits per heavy atom. The monoisotopic (exact) mass is 359 g/mol. The van der Waals surface area contributed by atoms with Gasteiger partial charge in [0.2, 0.25) is 11.8 Å². The molecule has 0 aliphatic carbocycles.